The first kappa shape index (κ1) is 15.7. The van der Waals surface area contributed by atoms with E-state index in [1.54, 1.807) is 0 Å². The third-order valence-corrected chi connectivity index (χ3v) is 3.57. The molecule has 0 amide bonds. The van der Waals surface area contributed by atoms with Crippen LogP contribution in [0.4, 0.5) is 0 Å². The molecule has 0 aliphatic rings. The Morgan fingerprint density at radius 2 is 1.95 bits per heavy atom. The van der Waals surface area contributed by atoms with E-state index in [4.69, 9.17) is 0 Å². The smallest absolute Gasteiger partial charge is 0.306 e. The minimum atomic E-state index is -0.656. The summed E-state index contributed by atoms with van der Waals surface area (Å²) < 4.78 is 0. The summed E-state index contributed by atoms with van der Waals surface area (Å²) in [4.78, 5) is 11.3. The summed E-state index contributed by atoms with van der Waals surface area (Å²) in [5.41, 5.74) is 2.34. The number of carboxylic acid groups (broad SMARTS) is 1. The minimum Gasteiger partial charge on any atom is -0.481 e. The van der Waals surface area contributed by atoms with Crippen molar-refractivity contribution < 1.29 is 9.90 Å². The fraction of sp³-hybridized carbons (Fsp3) is 0.588. The van der Waals surface area contributed by atoms with Gasteiger partial charge in [0.05, 0.1) is 5.92 Å². The third-order valence-electron chi connectivity index (χ3n) is 3.57. The first-order chi connectivity index (χ1) is 9.13. The average molecular weight is 262 g/mol. The maximum Gasteiger partial charge on any atom is 0.306 e. The maximum absolute atomic E-state index is 11.3. The summed E-state index contributed by atoms with van der Waals surface area (Å²) in [5.74, 6) is -0.888. The molecule has 0 bridgehead atoms. The van der Waals surface area contributed by atoms with Crippen molar-refractivity contribution in [2.24, 2.45) is 5.92 Å². The van der Waals surface area contributed by atoms with Crippen LogP contribution in [0.2, 0.25) is 0 Å². The number of hydrogen-bond acceptors (Lipinski definition) is 1. The molecule has 0 saturated carbocycles. The molecule has 1 atom stereocenters. The Morgan fingerprint density at radius 1 is 1.21 bits per heavy atom. The molecule has 1 aromatic rings. The largest absolute Gasteiger partial charge is 0.481 e. The Hall–Kier alpha value is -1.31. The summed E-state index contributed by atoms with van der Waals surface area (Å²) in [7, 11) is 0. The molecule has 0 aliphatic heterocycles. The van der Waals surface area contributed by atoms with Crippen molar-refractivity contribution in [1.29, 1.82) is 0 Å². The van der Waals surface area contributed by atoms with Gasteiger partial charge in [-0.1, -0.05) is 68.9 Å². The molecule has 1 N–H and O–H groups in total. The molecule has 2 nitrogen and oxygen atoms in total. The molecule has 0 aliphatic carbocycles. The van der Waals surface area contributed by atoms with Crippen LogP contribution in [0.25, 0.3) is 0 Å². The number of carboxylic acids is 1. The number of aliphatic carboxylic acids is 1. The lowest BCUT2D eigenvalue weighted by Gasteiger charge is -2.12. The molecule has 1 unspecified atom stereocenters. The molecular formula is C17H26O2. The highest BCUT2D eigenvalue weighted by Crippen LogP contribution is 2.18. The zero-order chi connectivity index (χ0) is 14.1. The third kappa shape index (κ3) is 6.42. The van der Waals surface area contributed by atoms with Gasteiger partial charge in [-0.15, -0.1) is 0 Å². The first-order valence-electron chi connectivity index (χ1n) is 7.41. The van der Waals surface area contributed by atoms with Crippen LogP contribution in [0.15, 0.2) is 24.3 Å². The number of hydrogen-bond donors (Lipinski definition) is 1. The summed E-state index contributed by atoms with van der Waals surface area (Å²) >= 11 is 0. The molecule has 0 aromatic heterocycles. The van der Waals surface area contributed by atoms with Gasteiger partial charge in [0.15, 0.2) is 0 Å². The topological polar surface area (TPSA) is 37.3 Å². The van der Waals surface area contributed by atoms with Crippen molar-refractivity contribution in [3.8, 4) is 0 Å². The van der Waals surface area contributed by atoms with Crippen LogP contribution in [0.5, 0.6) is 0 Å². The van der Waals surface area contributed by atoms with Crippen LogP contribution in [0.3, 0.4) is 0 Å². The van der Waals surface area contributed by atoms with E-state index in [1.165, 1.54) is 24.8 Å². The summed E-state index contributed by atoms with van der Waals surface area (Å²) in [6, 6.07) is 8.17. The highest BCUT2D eigenvalue weighted by Gasteiger charge is 2.17. The van der Waals surface area contributed by atoms with Crippen LogP contribution in [-0.2, 0) is 11.2 Å². The Balaban J connectivity index is 2.42. The van der Waals surface area contributed by atoms with E-state index in [0.29, 0.717) is 6.42 Å². The van der Waals surface area contributed by atoms with Gasteiger partial charge in [-0.05, 0) is 25.3 Å². The summed E-state index contributed by atoms with van der Waals surface area (Å²) in [6.07, 6.45) is 7.36. The minimum absolute atomic E-state index is 0.233. The van der Waals surface area contributed by atoms with E-state index >= 15 is 0 Å². The fourth-order valence-corrected chi connectivity index (χ4v) is 2.43. The van der Waals surface area contributed by atoms with E-state index in [0.717, 1.165) is 24.8 Å². The highest BCUT2D eigenvalue weighted by molar-refractivity contribution is 5.70. The van der Waals surface area contributed by atoms with Crippen molar-refractivity contribution >= 4 is 5.97 Å². The number of benzene rings is 1. The number of unbranched alkanes of at least 4 members (excludes halogenated alkanes) is 4. The van der Waals surface area contributed by atoms with Gasteiger partial charge >= 0.3 is 5.97 Å². The van der Waals surface area contributed by atoms with Gasteiger partial charge in [-0.3, -0.25) is 4.79 Å². The van der Waals surface area contributed by atoms with Gasteiger partial charge in [-0.2, -0.15) is 0 Å². The van der Waals surface area contributed by atoms with Crippen molar-refractivity contribution in [3.63, 3.8) is 0 Å². The monoisotopic (exact) mass is 262 g/mol. The van der Waals surface area contributed by atoms with Gasteiger partial charge in [0.1, 0.15) is 0 Å². The SMILES string of the molecule is CCCCCCCC(Cc1cccc(C)c1)C(=O)O. The molecule has 0 heterocycles. The normalized spacial score (nSPS) is 12.3. The van der Waals surface area contributed by atoms with Crippen LogP contribution >= 0.6 is 0 Å². The molecule has 106 valence electrons. The number of carbonyl (C=O) groups is 1. The van der Waals surface area contributed by atoms with E-state index in [-0.39, 0.29) is 5.92 Å². The highest BCUT2D eigenvalue weighted by atomic mass is 16.4. The standard InChI is InChI=1S/C17H26O2/c1-3-4-5-6-7-11-16(17(18)19)13-15-10-8-9-14(2)12-15/h8-10,12,16H,3-7,11,13H2,1-2H3,(H,18,19). The average Bonchev–Trinajstić information content (AvgIpc) is 2.37. The lowest BCUT2D eigenvalue weighted by atomic mass is 9.93. The molecule has 0 radical (unpaired) electrons. The van der Waals surface area contributed by atoms with Crippen LogP contribution in [-0.4, -0.2) is 11.1 Å². The zero-order valence-electron chi connectivity index (χ0n) is 12.2. The lowest BCUT2D eigenvalue weighted by Crippen LogP contribution is -2.16. The van der Waals surface area contributed by atoms with E-state index in [1.807, 2.05) is 25.1 Å². The summed E-state index contributed by atoms with van der Waals surface area (Å²) in [6.45, 7) is 4.24. The van der Waals surface area contributed by atoms with Gasteiger partial charge in [0.2, 0.25) is 0 Å². The Morgan fingerprint density at radius 3 is 2.58 bits per heavy atom. The van der Waals surface area contributed by atoms with E-state index in [2.05, 4.69) is 13.0 Å². The zero-order valence-corrected chi connectivity index (χ0v) is 12.2. The quantitative estimate of drug-likeness (QED) is 0.660. The van der Waals surface area contributed by atoms with Gasteiger partial charge < -0.3 is 5.11 Å². The van der Waals surface area contributed by atoms with Crippen molar-refractivity contribution in [2.45, 2.75) is 58.8 Å². The Labute approximate surface area is 116 Å². The first-order valence-corrected chi connectivity index (χ1v) is 7.41. The molecule has 19 heavy (non-hydrogen) atoms. The predicted octanol–water partition coefficient (Wildman–Crippen LogP) is 4.60. The molecule has 1 aromatic carbocycles. The second-order valence-corrected chi connectivity index (χ2v) is 5.43. The molecule has 1 rings (SSSR count). The van der Waals surface area contributed by atoms with Crippen LogP contribution in [0, 0.1) is 12.8 Å². The van der Waals surface area contributed by atoms with Gasteiger partial charge in [0, 0.05) is 0 Å². The van der Waals surface area contributed by atoms with Crippen LogP contribution in [0.1, 0.15) is 56.6 Å². The molecule has 0 saturated heterocycles. The fourth-order valence-electron chi connectivity index (χ4n) is 2.43. The van der Waals surface area contributed by atoms with Gasteiger partial charge in [0.25, 0.3) is 0 Å². The number of rotatable bonds is 9. The van der Waals surface area contributed by atoms with E-state index in [9.17, 15) is 9.90 Å². The molecule has 0 spiro atoms. The van der Waals surface area contributed by atoms with Crippen molar-refractivity contribution in [3.05, 3.63) is 35.4 Å². The predicted molar refractivity (Wildman–Crippen MR) is 79.4 cm³/mol. The van der Waals surface area contributed by atoms with Gasteiger partial charge in [-0.25, -0.2) is 0 Å². The second kappa shape index (κ2) is 8.73. The Bertz CT molecular complexity index is 385. The molecule has 0 fully saturated rings. The van der Waals surface area contributed by atoms with Crippen molar-refractivity contribution in [2.75, 3.05) is 0 Å². The Kier molecular flexibility index (Phi) is 7.24. The number of aryl methyl sites for hydroxylation is 1. The molecular weight excluding hydrogens is 236 g/mol. The second-order valence-electron chi connectivity index (χ2n) is 5.43. The lowest BCUT2D eigenvalue weighted by molar-refractivity contribution is -0.142. The maximum atomic E-state index is 11.3. The van der Waals surface area contributed by atoms with Crippen LogP contribution < -0.4 is 0 Å². The van der Waals surface area contributed by atoms with Crippen molar-refractivity contribution in [1.82, 2.24) is 0 Å². The van der Waals surface area contributed by atoms with E-state index < -0.39 is 5.97 Å². The summed E-state index contributed by atoms with van der Waals surface area (Å²) in [5, 5.41) is 9.31. The molecule has 2 heteroatoms.